The molecule has 0 aliphatic carbocycles. The van der Waals surface area contributed by atoms with E-state index < -0.39 is 0 Å². The molecule has 0 bridgehead atoms. The van der Waals surface area contributed by atoms with Crippen LogP contribution in [0.4, 0.5) is 5.82 Å². The molecule has 2 aromatic heterocycles. The Morgan fingerprint density at radius 1 is 1.11 bits per heavy atom. The van der Waals surface area contributed by atoms with E-state index in [-0.39, 0.29) is 11.8 Å². The number of likely N-dealkylation sites (N-methyl/N-ethyl adjacent to an activating group) is 1. The third kappa shape index (κ3) is 4.63. The molecule has 3 heterocycles. The van der Waals surface area contributed by atoms with Crippen LogP contribution in [0.3, 0.4) is 0 Å². The van der Waals surface area contributed by atoms with Gasteiger partial charge in [0.05, 0.1) is 18.7 Å². The van der Waals surface area contributed by atoms with Gasteiger partial charge in [0.25, 0.3) is 5.91 Å². The zero-order valence-electron chi connectivity index (χ0n) is 16.9. The van der Waals surface area contributed by atoms with Gasteiger partial charge in [-0.1, -0.05) is 0 Å². The van der Waals surface area contributed by atoms with Gasteiger partial charge in [-0.2, -0.15) is 0 Å². The number of aromatic nitrogens is 1. The Morgan fingerprint density at radius 3 is 2.50 bits per heavy atom. The van der Waals surface area contributed by atoms with Crippen molar-refractivity contribution in [2.24, 2.45) is 0 Å². The summed E-state index contributed by atoms with van der Waals surface area (Å²) < 4.78 is 7.02. The minimum absolute atomic E-state index is 0.113. The van der Waals surface area contributed by atoms with Crippen molar-refractivity contribution >= 4 is 23.1 Å². The molecule has 152 valence electrons. The number of carbonyl (C=O) groups is 2. The van der Waals surface area contributed by atoms with Crippen LogP contribution in [0, 0.1) is 0 Å². The van der Waals surface area contributed by atoms with E-state index in [1.807, 2.05) is 52.7 Å². The zero-order valence-corrected chi connectivity index (χ0v) is 16.9. The fraction of sp³-hybridized carbons (Fsp3) is 0.500. The van der Waals surface area contributed by atoms with Crippen LogP contribution in [0.5, 0.6) is 0 Å². The van der Waals surface area contributed by atoms with E-state index >= 15 is 0 Å². The average Bonchev–Trinajstić information content (AvgIpc) is 3.11. The number of carbonyl (C=O) groups excluding carboxylic acids is 2. The first-order valence-corrected chi connectivity index (χ1v) is 9.55. The van der Waals surface area contributed by atoms with Gasteiger partial charge in [-0.25, -0.2) is 0 Å². The number of ether oxygens (including phenoxy) is 1. The van der Waals surface area contributed by atoms with Crippen molar-refractivity contribution in [1.29, 1.82) is 0 Å². The Kier molecular flexibility index (Phi) is 6.53. The molecule has 0 aromatic carbocycles. The predicted molar refractivity (Wildman–Crippen MR) is 109 cm³/mol. The van der Waals surface area contributed by atoms with E-state index in [1.54, 1.807) is 7.11 Å². The smallest absolute Gasteiger partial charge is 0.252 e. The number of piperazine rings is 1. The minimum Gasteiger partial charge on any atom is -0.383 e. The Hall–Kier alpha value is -2.58. The highest BCUT2D eigenvalue weighted by atomic mass is 16.5. The number of amides is 2. The van der Waals surface area contributed by atoms with E-state index in [2.05, 4.69) is 16.3 Å². The first-order chi connectivity index (χ1) is 13.5. The first-order valence-electron chi connectivity index (χ1n) is 9.55. The fourth-order valence-corrected chi connectivity index (χ4v) is 3.40. The Balaban J connectivity index is 1.69. The van der Waals surface area contributed by atoms with Crippen molar-refractivity contribution in [1.82, 2.24) is 19.5 Å². The molecule has 0 unspecified atom stereocenters. The molecule has 8 heteroatoms. The summed E-state index contributed by atoms with van der Waals surface area (Å²) in [4.78, 5) is 30.7. The largest absolute Gasteiger partial charge is 0.383 e. The van der Waals surface area contributed by atoms with Gasteiger partial charge in [0, 0.05) is 51.5 Å². The summed E-state index contributed by atoms with van der Waals surface area (Å²) in [5.41, 5.74) is 1.65. The van der Waals surface area contributed by atoms with Crippen molar-refractivity contribution in [2.45, 2.75) is 0 Å². The molecular formula is C20H29N5O3. The summed E-state index contributed by atoms with van der Waals surface area (Å²) in [5.74, 6) is 1.10. The fourth-order valence-electron chi connectivity index (χ4n) is 3.40. The van der Waals surface area contributed by atoms with Crippen LogP contribution < -0.4 is 10.2 Å². The van der Waals surface area contributed by atoms with Gasteiger partial charge < -0.3 is 29.2 Å². The number of pyridine rings is 1. The SMILES string of the molecule is COCCNC(=O)c1ccc2ccc(N3CCN(C(=O)CN(C)C)CC3)n2c1. The van der Waals surface area contributed by atoms with Crippen molar-refractivity contribution in [3.05, 3.63) is 36.0 Å². The number of fused-ring (bicyclic) bond motifs is 1. The number of nitrogens with one attached hydrogen (secondary N) is 1. The van der Waals surface area contributed by atoms with Crippen molar-refractivity contribution in [3.8, 4) is 0 Å². The Labute approximate surface area is 165 Å². The van der Waals surface area contributed by atoms with E-state index in [9.17, 15) is 9.59 Å². The van der Waals surface area contributed by atoms with Crippen LogP contribution in [0.25, 0.3) is 5.52 Å². The summed E-state index contributed by atoms with van der Waals surface area (Å²) in [6.45, 7) is 4.36. The highest BCUT2D eigenvalue weighted by Crippen LogP contribution is 2.22. The van der Waals surface area contributed by atoms with Gasteiger partial charge in [-0.05, 0) is 38.4 Å². The van der Waals surface area contributed by atoms with Crippen LogP contribution in [0.1, 0.15) is 10.4 Å². The quantitative estimate of drug-likeness (QED) is 0.702. The normalized spacial score (nSPS) is 14.7. The van der Waals surface area contributed by atoms with E-state index in [4.69, 9.17) is 4.74 Å². The van der Waals surface area contributed by atoms with Crippen LogP contribution in [-0.4, -0.2) is 93.1 Å². The molecule has 1 aliphatic rings. The second-order valence-corrected chi connectivity index (χ2v) is 7.26. The summed E-state index contributed by atoms with van der Waals surface area (Å²) >= 11 is 0. The van der Waals surface area contributed by atoms with Crippen LogP contribution in [0.15, 0.2) is 30.5 Å². The maximum Gasteiger partial charge on any atom is 0.252 e. The van der Waals surface area contributed by atoms with Gasteiger partial charge in [0.15, 0.2) is 0 Å². The molecule has 28 heavy (non-hydrogen) atoms. The molecule has 0 radical (unpaired) electrons. The van der Waals surface area contributed by atoms with E-state index in [0.717, 1.165) is 24.4 Å². The standard InChI is InChI=1S/C20H29N5O3/c1-22(2)15-19(26)24-11-9-23(10-12-24)18-7-6-17-5-4-16(14-25(17)18)20(27)21-8-13-28-3/h4-7,14H,8-13,15H2,1-3H3,(H,21,27). The number of methoxy groups -OCH3 is 1. The molecule has 2 amide bonds. The summed E-state index contributed by atoms with van der Waals surface area (Å²) in [6.07, 6.45) is 1.87. The highest BCUT2D eigenvalue weighted by Gasteiger charge is 2.23. The minimum atomic E-state index is -0.113. The molecule has 2 aromatic rings. The van der Waals surface area contributed by atoms with Crippen molar-refractivity contribution in [2.75, 3.05) is 72.0 Å². The van der Waals surface area contributed by atoms with Crippen LogP contribution in [-0.2, 0) is 9.53 Å². The molecule has 1 N–H and O–H groups in total. The van der Waals surface area contributed by atoms with Gasteiger partial charge in [0.2, 0.25) is 5.91 Å². The lowest BCUT2D eigenvalue weighted by atomic mass is 10.2. The third-order valence-corrected chi connectivity index (χ3v) is 4.89. The van der Waals surface area contributed by atoms with Gasteiger partial charge in [-0.15, -0.1) is 0 Å². The number of hydrogen-bond donors (Lipinski definition) is 1. The molecule has 8 nitrogen and oxygen atoms in total. The van der Waals surface area contributed by atoms with Gasteiger partial charge in [0.1, 0.15) is 5.82 Å². The van der Waals surface area contributed by atoms with Crippen LogP contribution >= 0.6 is 0 Å². The third-order valence-electron chi connectivity index (χ3n) is 4.89. The second-order valence-electron chi connectivity index (χ2n) is 7.26. The average molecular weight is 387 g/mol. The van der Waals surface area contributed by atoms with Crippen molar-refractivity contribution in [3.63, 3.8) is 0 Å². The molecule has 3 rings (SSSR count). The monoisotopic (exact) mass is 387 g/mol. The van der Waals surface area contributed by atoms with Crippen LogP contribution in [0.2, 0.25) is 0 Å². The topological polar surface area (TPSA) is 69.5 Å². The number of hydrogen-bond acceptors (Lipinski definition) is 5. The maximum atomic E-state index is 12.3. The molecule has 1 aliphatic heterocycles. The molecular weight excluding hydrogens is 358 g/mol. The summed E-state index contributed by atoms with van der Waals surface area (Å²) in [7, 11) is 5.42. The molecule has 0 spiro atoms. The molecule has 1 fully saturated rings. The maximum absolute atomic E-state index is 12.3. The number of rotatable bonds is 7. The highest BCUT2D eigenvalue weighted by molar-refractivity contribution is 5.94. The Bertz CT molecular complexity index is 824. The van der Waals surface area contributed by atoms with Gasteiger partial charge in [-0.3, -0.25) is 9.59 Å². The summed E-state index contributed by atoms with van der Waals surface area (Å²) in [6, 6.07) is 7.90. The molecule has 1 saturated heterocycles. The second kappa shape index (κ2) is 9.07. The van der Waals surface area contributed by atoms with E-state index in [1.165, 1.54) is 0 Å². The number of anilines is 1. The van der Waals surface area contributed by atoms with Crippen molar-refractivity contribution < 1.29 is 14.3 Å². The lowest BCUT2D eigenvalue weighted by Gasteiger charge is -2.36. The predicted octanol–water partition coefficient (Wildman–Crippen LogP) is 0.526. The Morgan fingerprint density at radius 2 is 1.82 bits per heavy atom. The first kappa shape index (κ1) is 20.2. The van der Waals surface area contributed by atoms with Gasteiger partial charge >= 0.3 is 0 Å². The zero-order chi connectivity index (χ0) is 20.1. The molecule has 0 atom stereocenters. The lowest BCUT2D eigenvalue weighted by molar-refractivity contribution is -0.132. The molecule has 0 saturated carbocycles. The van der Waals surface area contributed by atoms with E-state index in [0.29, 0.717) is 38.3 Å². The lowest BCUT2D eigenvalue weighted by Crippen LogP contribution is -2.51. The number of nitrogens with zero attached hydrogens (tertiary/aromatic N) is 4. The summed E-state index contributed by atoms with van der Waals surface area (Å²) in [5, 5.41) is 2.85.